The molecule has 0 saturated heterocycles. The summed E-state index contributed by atoms with van der Waals surface area (Å²) in [5, 5.41) is 21.6. The van der Waals surface area contributed by atoms with E-state index in [4.69, 9.17) is 5.11 Å². The van der Waals surface area contributed by atoms with Gasteiger partial charge in [-0.05, 0) is 77.6 Å². The van der Waals surface area contributed by atoms with Crippen LogP contribution in [0.4, 0.5) is 0 Å². The quantitative estimate of drug-likeness (QED) is 0.587. The minimum Gasteiger partial charge on any atom is -0.506 e. The summed E-state index contributed by atoms with van der Waals surface area (Å²) in [6.07, 6.45) is 0.459. The van der Waals surface area contributed by atoms with E-state index >= 15 is 0 Å². The molecule has 0 heterocycles. The number of benzene rings is 1. The molecule has 0 spiro atoms. The van der Waals surface area contributed by atoms with Gasteiger partial charge in [-0.1, -0.05) is 0 Å². The molecule has 6 heteroatoms. The molecular formula is C12H15I2NO3. The summed E-state index contributed by atoms with van der Waals surface area (Å²) in [6.45, 7) is 3.66. The second kappa shape index (κ2) is 6.38. The van der Waals surface area contributed by atoms with Crippen molar-refractivity contribution < 1.29 is 15.0 Å². The number of amides is 1. The Morgan fingerprint density at radius 3 is 2.56 bits per heavy atom. The van der Waals surface area contributed by atoms with Crippen molar-refractivity contribution in [1.82, 2.24) is 5.32 Å². The van der Waals surface area contributed by atoms with Gasteiger partial charge in [0, 0.05) is 15.7 Å². The standard InChI is InChI=1S/C12H15I2NO3/c1-12(2,3-4-16)15-11(18)8-5-7(13)6-9(14)10(8)17/h5-6,16-17H,3-4H2,1-2H3,(H,15,18). The van der Waals surface area contributed by atoms with Crippen LogP contribution in [0, 0.1) is 7.14 Å². The van der Waals surface area contributed by atoms with Crippen LogP contribution in [0.1, 0.15) is 30.6 Å². The summed E-state index contributed by atoms with van der Waals surface area (Å²) in [7, 11) is 0. The van der Waals surface area contributed by atoms with E-state index in [0.717, 1.165) is 3.57 Å². The first-order valence-electron chi connectivity index (χ1n) is 5.38. The van der Waals surface area contributed by atoms with Gasteiger partial charge in [-0.2, -0.15) is 0 Å². The molecule has 1 aromatic rings. The van der Waals surface area contributed by atoms with E-state index in [1.807, 2.05) is 36.4 Å². The van der Waals surface area contributed by atoms with Gasteiger partial charge in [-0.3, -0.25) is 4.79 Å². The number of hydrogen-bond donors (Lipinski definition) is 3. The summed E-state index contributed by atoms with van der Waals surface area (Å²) >= 11 is 4.09. The third kappa shape index (κ3) is 4.23. The second-order valence-electron chi connectivity index (χ2n) is 4.60. The third-order valence-electron chi connectivity index (χ3n) is 2.46. The van der Waals surface area contributed by atoms with E-state index < -0.39 is 5.54 Å². The first kappa shape index (κ1) is 16.0. The Morgan fingerprint density at radius 2 is 2.00 bits per heavy atom. The maximum absolute atomic E-state index is 12.1. The smallest absolute Gasteiger partial charge is 0.255 e. The average molecular weight is 475 g/mol. The van der Waals surface area contributed by atoms with Crippen molar-refractivity contribution in [1.29, 1.82) is 0 Å². The molecule has 0 aromatic heterocycles. The van der Waals surface area contributed by atoms with Gasteiger partial charge in [0.05, 0.1) is 9.13 Å². The maximum Gasteiger partial charge on any atom is 0.255 e. The number of carbonyl (C=O) groups is 1. The molecule has 18 heavy (non-hydrogen) atoms. The van der Waals surface area contributed by atoms with Gasteiger partial charge in [0.15, 0.2) is 0 Å². The van der Waals surface area contributed by atoms with Gasteiger partial charge >= 0.3 is 0 Å². The second-order valence-corrected chi connectivity index (χ2v) is 7.00. The number of phenolic OH excluding ortho intramolecular Hbond substituents is 1. The summed E-state index contributed by atoms with van der Waals surface area (Å²) in [6, 6.07) is 3.44. The lowest BCUT2D eigenvalue weighted by Gasteiger charge is -2.25. The van der Waals surface area contributed by atoms with Crippen LogP contribution in [0.25, 0.3) is 0 Å². The predicted octanol–water partition coefficient (Wildman–Crippen LogP) is 2.49. The number of aromatic hydroxyl groups is 1. The molecule has 0 unspecified atom stereocenters. The number of hydrogen-bond acceptors (Lipinski definition) is 3. The molecule has 100 valence electrons. The molecule has 0 saturated carbocycles. The lowest BCUT2D eigenvalue weighted by atomic mass is 10.0. The normalized spacial score (nSPS) is 11.4. The molecule has 1 aromatic carbocycles. The Kier molecular flexibility index (Phi) is 5.66. The van der Waals surface area contributed by atoms with Gasteiger partial charge < -0.3 is 15.5 Å². The van der Waals surface area contributed by atoms with E-state index in [9.17, 15) is 9.90 Å². The molecule has 1 amide bonds. The lowest BCUT2D eigenvalue weighted by molar-refractivity contribution is 0.0896. The highest BCUT2D eigenvalue weighted by atomic mass is 127. The average Bonchev–Trinajstić information content (AvgIpc) is 2.22. The van der Waals surface area contributed by atoms with Crippen molar-refractivity contribution in [2.75, 3.05) is 6.61 Å². The van der Waals surface area contributed by atoms with Crippen molar-refractivity contribution >= 4 is 51.1 Å². The molecule has 0 aliphatic carbocycles. The van der Waals surface area contributed by atoms with Crippen LogP contribution in [0.15, 0.2) is 12.1 Å². The molecule has 0 bridgehead atoms. The zero-order valence-corrected chi connectivity index (χ0v) is 14.4. The van der Waals surface area contributed by atoms with Crippen molar-refractivity contribution in [3.05, 3.63) is 24.8 Å². The fourth-order valence-electron chi connectivity index (χ4n) is 1.46. The molecule has 3 N–H and O–H groups in total. The molecule has 0 aliphatic rings. The third-order valence-corrected chi connectivity index (χ3v) is 3.91. The largest absolute Gasteiger partial charge is 0.506 e. The van der Waals surface area contributed by atoms with Crippen LogP contribution in [0.2, 0.25) is 0 Å². The molecule has 4 nitrogen and oxygen atoms in total. The monoisotopic (exact) mass is 475 g/mol. The van der Waals surface area contributed by atoms with Gasteiger partial charge in [0.2, 0.25) is 0 Å². The first-order valence-corrected chi connectivity index (χ1v) is 7.54. The molecule has 0 radical (unpaired) electrons. The van der Waals surface area contributed by atoms with Crippen LogP contribution in [-0.2, 0) is 0 Å². The van der Waals surface area contributed by atoms with Crippen molar-refractivity contribution in [2.45, 2.75) is 25.8 Å². The van der Waals surface area contributed by atoms with E-state index in [1.165, 1.54) is 0 Å². The number of carbonyl (C=O) groups excluding carboxylic acids is 1. The highest BCUT2D eigenvalue weighted by Gasteiger charge is 2.23. The summed E-state index contributed by atoms with van der Waals surface area (Å²) in [5.74, 6) is -0.337. The van der Waals surface area contributed by atoms with Gasteiger partial charge in [-0.15, -0.1) is 0 Å². The fourth-order valence-corrected chi connectivity index (χ4v) is 3.30. The fraction of sp³-hybridized carbons (Fsp3) is 0.417. The van der Waals surface area contributed by atoms with Crippen molar-refractivity contribution in [3.8, 4) is 5.75 Å². The number of aliphatic hydroxyl groups is 1. The molecule has 0 fully saturated rings. The zero-order chi connectivity index (χ0) is 13.9. The van der Waals surface area contributed by atoms with E-state index in [0.29, 0.717) is 9.99 Å². The van der Waals surface area contributed by atoms with Crippen molar-refractivity contribution in [2.24, 2.45) is 0 Å². The maximum atomic E-state index is 12.1. The predicted molar refractivity (Wildman–Crippen MR) is 86.8 cm³/mol. The first-order chi connectivity index (χ1) is 8.26. The number of phenols is 1. The Balaban J connectivity index is 2.98. The van der Waals surface area contributed by atoms with Crippen LogP contribution in [-0.4, -0.2) is 28.3 Å². The summed E-state index contributed by atoms with van der Waals surface area (Å²) < 4.78 is 1.53. The number of aliphatic hydroxyl groups excluding tert-OH is 1. The summed E-state index contributed by atoms with van der Waals surface area (Å²) in [4.78, 5) is 12.1. The number of halogens is 2. The highest BCUT2D eigenvalue weighted by Crippen LogP contribution is 2.27. The minimum atomic E-state index is -0.509. The molecular weight excluding hydrogens is 460 g/mol. The van der Waals surface area contributed by atoms with Crippen LogP contribution < -0.4 is 5.32 Å². The van der Waals surface area contributed by atoms with Gasteiger partial charge in [0.25, 0.3) is 5.91 Å². The lowest BCUT2D eigenvalue weighted by Crippen LogP contribution is -2.44. The molecule has 1 rings (SSSR count). The van der Waals surface area contributed by atoms with Gasteiger partial charge in [0.1, 0.15) is 5.75 Å². The Labute approximate surface area is 133 Å². The Morgan fingerprint density at radius 1 is 1.39 bits per heavy atom. The Hall–Kier alpha value is -0.0900. The van der Waals surface area contributed by atoms with Crippen LogP contribution in [0.3, 0.4) is 0 Å². The summed E-state index contributed by atoms with van der Waals surface area (Å²) in [5.41, 5.74) is -0.248. The highest BCUT2D eigenvalue weighted by molar-refractivity contribution is 14.1. The molecule has 0 atom stereocenters. The number of rotatable bonds is 4. The van der Waals surface area contributed by atoms with E-state index in [-0.39, 0.29) is 23.8 Å². The Bertz CT molecular complexity index is 461. The molecule has 0 aliphatic heterocycles. The van der Waals surface area contributed by atoms with Crippen LogP contribution >= 0.6 is 45.2 Å². The SMILES string of the molecule is CC(C)(CCO)NC(=O)c1cc(I)cc(I)c1O. The number of nitrogens with one attached hydrogen (secondary N) is 1. The topological polar surface area (TPSA) is 69.6 Å². The van der Waals surface area contributed by atoms with Crippen molar-refractivity contribution in [3.63, 3.8) is 0 Å². The van der Waals surface area contributed by atoms with E-state index in [1.54, 1.807) is 12.1 Å². The van der Waals surface area contributed by atoms with Crippen LogP contribution in [0.5, 0.6) is 5.75 Å². The van der Waals surface area contributed by atoms with Gasteiger partial charge in [-0.25, -0.2) is 0 Å². The minimum absolute atomic E-state index is 0.00310. The van der Waals surface area contributed by atoms with E-state index in [2.05, 4.69) is 27.9 Å². The zero-order valence-electron chi connectivity index (χ0n) is 10.1.